The average Bonchev–Trinajstić information content (AvgIpc) is 3.42. The van der Waals surface area contributed by atoms with Gasteiger partial charge in [-0.15, -0.1) is 0 Å². The van der Waals surface area contributed by atoms with Crippen molar-refractivity contribution in [3.8, 4) is 11.1 Å². The summed E-state index contributed by atoms with van der Waals surface area (Å²) in [5.74, 6) is -1.38. The van der Waals surface area contributed by atoms with Crippen molar-refractivity contribution >= 4 is 18.0 Å². The van der Waals surface area contributed by atoms with E-state index in [2.05, 4.69) is 34.9 Å². The second kappa shape index (κ2) is 10.9. The van der Waals surface area contributed by atoms with Gasteiger partial charge in [0.25, 0.3) is 0 Å². The molecule has 1 saturated carbocycles. The summed E-state index contributed by atoms with van der Waals surface area (Å²) in [5, 5.41) is 14.8. The Morgan fingerprint density at radius 2 is 1.66 bits per heavy atom. The Morgan fingerprint density at radius 1 is 1.03 bits per heavy atom. The summed E-state index contributed by atoms with van der Waals surface area (Å²) in [5.41, 5.74) is 4.69. The van der Waals surface area contributed by atoms with Crippen molar-refractivity contribution < 1.29 is 29.0 Å². The molecule has 0 bridgehead atoms. The van der Waals surface area contributed by atoms with Gasteiger partial charge in [-0.25, -0.2) is 9.59 Å². The zero-order valence-corrected chi connectivity index (χ0v) is 20.0. The Morgan fingerprint density at radius 3 is 2.26 bits per heavy atom. The first-order chi connectivity index (χ1) is 16.9. The zero-order chi connectivity index (χ0) is 24.9. The molecule has 3 N–H and O–H groups in total. The Kier molecular flexibility index (Phi) is 7.70. The maximum absolute atomic E-state index is 12.5. The minimum atomic E-state index is -1.13. The number of carboxylic acid groups (broad SMARTS) is 1. The van der Waals surface area contributed by atoms with Crippen LogP contribution in [0, 0.1) is 5.92 Å². The van der Waals surface area contributed by atoms with E-state index in [0.29, 0.717) is 6.42 Å². The maximum Gasteiger partial charge on any atom is 0.407 e. The van der Waals surface area contributed by atoms with Crippen LogP contribution in [0.15, 0.2) is 48.5 Å². The van der Waals surface area contributed by atoms with Crippen LogP contribution < -0.4 is 10.6 Å². The number of carboxylic acids is 1. The van der Waals surface area contributed by atoms with E-state index in [1.54, 1.807) is 6.92 Å². The summed E-state index contributed by atoms with van der Waals surface area (Å²) in [7, 11) is 1.41. The average molecular weight is 481 g/mol. The Bertz CT molecular complexity index is 1040. The fourth-order valence-electron chi connectivity index (χ4n) is 5.21. The van der Waals surface area contributed by atoms with E-state index in [9.17, 15) is 19.5 Å². The predicted molar refractivity (Wildman–Crippen MR) is 130 cm³/mol. The van der Waals surface area contributed by atoms with Gasteiger partial charge in [0.15, 0.2) is 6.04 Å². The minimum absolute atomic E-state index is 0.00449. The lowest BCUT2D eigenvalue weighted by atomic mass is 9.98. The second-order valence-corrected chi connectivity index (χ2v) is 9.37. The maximum atomic E-state index is 12.5. The lowest BCUT2D eigenvalue weighted by molar-refractivity contribution is -0.145. The lowest BCUT2D eigenvalue weighted by Gasteiger charge is -2.21. The van der Waals surface area contributed by atoms with Crippen LogP contribution >= 0.6 is 0 Å². The quantitative estimate of drug-likeness (QED) is 0.504. The number of alkyl carbamates (subject to hydrolysis) is 1. The van der Waals surface area contributed by atoms with Crippen LogP contribution in [0.4, 0.5) is 4.79 Å². The number of amides is 2. The highest BCUT2D eigenvalue weighted by atomic mass is 16.5. The van der Waals surface area contributed by atoms with Crippen molar-refractivity contribution in [1.29, 1.82) is 0 Å². The van der Waals surface area contributed by atoms with Crippen molar-refractivity contribution in [3.63, 3.8) is 0 Å². The van der Waals surface area contributed by atoms with Gasteiger partial charge < -0.3 is 25.2 Å². The van der Waals surface area contributed by atoms with Gasteiger partial charge in [-0.05, 0) is 54.4 Å². The molecule has 0 radical (unpaired) electrons. The van der Waals surface area contributed by atoms with E-state index in [-0.39, 0.29) is 36.8 Å². The van der Waals surface area contributed by atoms with Crippen LogP contribution in [0.5, 0.6) is 0 Å². The highest BCUT2D eigenvalue weighted by Gasteiger charge is 2.32. The van der Waals surface area contributed by atoms with Crippen molar-refractivity contribution in [3.05, 3.63) is 59.7 Å². The summed E-state index contributed by atoms with van der Waals surface area (Å²) in [6.45, 7) is 1.86. The molecule has 8 heteroatoms. The third kappa shape index (κ3) is 5.65. The normalized spacial score (nSPS) is 20.4. The molecule has 186 valence electrons. The number of fused-ring (bicyclic) bond motifs is 3. The third-order valence-electron chi connectivity index (χ3n) is 7.10. The fraction of sp³-hybridized carbons (Fsp3) is 0.444. The molecule has 2 amide bonds. The molecule has 8 nitrogen and oxygen atoms in total. The van der Waals surface area contributed by atoms with E-state index >= 15 is 0 Å². The van der Waals surface area contributed by atoms with Crippen LogP contribution in [0.1, 0.15) is 49.7 Å². The second-order valence-electron chi connectivity index (χ2n) is 9.37. The van der Waals surface area contributed by atoms with Crippen LogP contribution in [-0.2, 0) is 19.1 Å². The van der Waals surface area contributed by atoms with Gasteiger partial charge in [0.05, 0.1) is 6.10 Å². The summed E-state index contributed by atoms with van der Waals surface area (Å²) in [6.07, 6.45) is 1.29. The van der Waals surface area contributed by atoms with Gasteiger partial charge in [-0.2, -0.15) is 0 Å². The first-order valence-electron chi connectivity index (χ1n) is 12.0. The molecule has 1 fully saturated rings. The van der Waals surface area contributed by atoms with Gasteiger partial charge in [0, 0.05) is 25.5 Å². The predicted octanol–water partition coefficient (Wildman–Crippen LogP) is 3.69. The number of nitrogens with one attached hydrogen (secondary N) is 2. The van der Waals surface area contributed by atoms with Crippen molar-refractivity contribution in [2.24, 2.45) is 5.92 Å². The standard InChI is InChI=1S/C27H32N2O6/c1-16(34-2)25(26(31)32)29-24(30)14-17-11-12-18(13-17)28-27(33)35-15-23-21-9-5-3-7-19(21)20-8-4-6-10-22(20)23/h3-10,16-18,23,25H,11-15H2,1-2H3,(H,28,33)(H,29,30)(H,31,32). The van der Waals surface area contributed by atoms with Crippen LogP contribution in [0.25, 0.3) is 11.1 Å². The van der Waals surface area contributed by atoms with Gasteiger partial charge in [-0.3, -0.25) is 4.79 Å². The number of rotatable bonds is 9. The molecule has 0 saturated heterocycles. The summed E-state index contributed by atoms with van der Waals surface area (Å²) < 4.78 is 10.7. The Balaban J connectivity index is 1.25. The molecule has 4 atom stereocenters. The molecule has 2 aliphatic carbocycles. The molecular weight excluding hydrogens is 448 g/mol. The van der Waals surface area contributed by atoms with Crippen LogP contribution in [0.3, 0.4) is 0 Å². The minimum Gasteiger partial charge on any atom is -0.480 e. The summed E-state index contributed by atoms with van der Waals surface area (Å²) in [4.78, 5) is 36.3. The molecular formula is C27H32N2O6. The number of hydrogen-bond donors (Lipinski definition) is 3. The van der Waals surface area contributed by atoms with Crippen molar-refractivity contribution in [1.82, 2.24) is 10.6 Å². The van der Waals surface area contributed by atoms with E-state index in [1.807, 2.05) is 24.3 Å². The SMILES string of the molecule is COC(C)C(NC(=O)CC1CCC(NC(=O)OCC2c3ccccc3-c3ccccc32)C1)C(=O)O. The van der Waals surface area contributed by atoms with Gasteiger partial charge in [-0.1, -0.05) is 48.5 Å². The third-order valence-corrected chi connectivity index (χ3v) is 7.10. The fourth-order valence-corrected chi connectivity index (χ4v) is 5.21. The van der Waals surface area contributed by atoms with Gasteiger partial charge in [0.2, 0.25) is 5.91 Å². The number of carbonyl (C=O) groups is 3. The molecule has 0 aliphatic heterocycles. The molecule has 4 unspecified atom stereocenters. The zero-order valence-electron chi connectivity index (χ0n) is 20.0. The highest BCUT2D eigenvalue weighted by molar-refractivity contribution is 5.84. The van der Waals surface area contributed by atoms with Crippen molar-refractivity contribution in [2.45, 2.75) is 56.7 Å². The molecule has 35 heavy (non-hydrogen) atoms. The molecule has 4 rings (SSSR count). The molecule has 2 aromatic rings. The van der Waals surface area contributed by atoms with Gasteiger partial charge in [0.1, 0.15) is 6.61 Å². The topological polar surface area (TPSA) is 114 Å². The number of methoxy groups -OCH3 is 1. The Hall–Kier alpha value is -3.39. The van der Waals surface area contributed by atoms with Gasteiger partial charge >= 0.3 is 12.1 Å². The number of aliphatic carboxylic acids is 1. The first-order valence-corrected chi connectivity index (χ1v) is 12.0. The van der Waals surface area contributed by atoms with E-state index < -0.39 is 24.2 Å². The smallest absolute Gasteiger partial charge is 0.407 e. The Labute approximate surface area is 205 Å². The molecule has 2 aliphatic rings. The van der Waals surface area contributed by atoms with Crippen LogP contribution in [0.2, 0.25) is 0 Å². The summed E-state index contributed by atoms with van der Waals surface area (Å²) in [6, 6.07) is 15.2. The molecule has 0 aromatic heterocycles. The van der Waals surface area contributed by atoms with E-state index in [1.165, 1.54) is 18.2 Å². The largest absolute Gasteiger partial charge is 0.480 e. The molecule has 0 heterocycles. The highest BCUT2D eigenvalue weighted by Crippen LogP contribution is 2.44. The molecule has 0 spiro atoms. The number of ether oxygens (including phenoxy) is 2. The summed E-state index contributed by atoms with van der Waals surface area (Å²) >= 11 is 0. The lowest BCUT2D eigenvalue weighted by Crippen LogP contribution is -2.48. The monoisotopic (exact) mass is 480 g/mol. The number of carbonyl (C=O) groups excluding carboxylic acids is 2. The van der Waals surface area contributed by atoms with Crippen LogP contribution in [-0.4, -0.2) is 55.0 Å². The first kappa shape index (κ1) is 24.7. The van der Waals surface area contributed by atoms with E-state index in [0.717, 1.165) is 24.0 Å². The van der Waals surface area contributed by atoms with E-state index in [4.69, 9.17) is 9.47 Å². The number of benzene rings is 2. The molecule has 2 aromatic carbocycles. The van der Waals surface area contributed by atoms with Crippen molar-refractivity contribution in [2.75, 3.05) is 13.7 Å². The number of hydrogen-bond acceptors (Lipinski definition) is 5.